The Labute approximate surface area is 68.9 Å². The largest absolute Gasteiger partial charge is 0.329 e. The molecule has 2 aliphatic heterocycles. The maximum absolute atomic E-state index is 10.9. The van der Waals surface area contributed by atoms with Crippen LogP contribution < -0.4 is 0 Å². The lowest BCUT2D eigenvalue weighted by molar-refractivity contribution is -0.141. The number of amides is 1. The lowest BCUT2D eigenvalue weighted by Crippen LogP contribution is -2.56. The van der Waals surface area contributed by atoms with Gasteiger partial charge in [0.25, 0.3) is 0 Å². The maximum atomic E-state index is 10.9. The van der Waals surface area contributed by atoms with Gasteiger partial charge in [0.15, 0.2) is 0 Å². The van der Waals surface area contributed by atoms with E-state index >= 15 is 0 Å². The second-order valence-corrected chi connectivity index (χ2v) is 4.46. The molecule has 1 amide bonds. The smallest absolute Gasteiger partial charge is 0.226 e. The third kappa shape index (κ3) is 0.920. The van der Waals surface area contributed by atoms with Gasteiger partial charge in [-0.3, -0.25) is 4.79 Å². The summed E-state index contributed by atoms with van der Waals surface area (Å²) in [7, 11) is 0. The number of hydrogen-bond acceptors (Lipinski definition) is 2. The number of halogens is 1. The summed E-state index contributed by atoms with van der Waals surface area (Å²) >= 11 is 7.66. The van der Waals surface area contributed by atoms with Crippen molar-refractivity contribution in [3.63, 3.8) is 0 Å². The van der Waals surface area contributed by atoms with Crippen molar-refractivity contribution >= 4 is 29.3 Å². The van der Waals surface area contributed by atoms with Crippen LogP contribution in [-0.4, -0.2) is 33.9 Å². The molecule has 10 heavy (non-hydrogen) atoms. The van der Waals surface area contributed by atoms with E-state index in [1.54, 1.807) is 11.8 Å². The molecule has 2 rings (SSSR count). The Hall–Kier alpha value is 0.110. The van der Waals surface area contributed by atoms with Gasteiger partial charge in [0.2, 0.25) is 5.91 Å². The zero-order chi connectivity index (χ0) is 7.14. The maximum Gasteiger partial charge on any atom is 0.226 e. The van der Waals surface area contributed by atoms with Crippen LogP contribution >= 0.6 is 23.4 Å². The average Bonchev–Trinajstić information content (AvgIpc) is 1.92. The second-order valence-electron chi connectivity index (χ2n) is 2.64. The highest BCUT2D eigenvalue weighted by molar-refractivity contribution is 8.00. The van der Waals surface area contributed by atoms with Crippen LogP contribution in [0.4, 0.5) is 0 Å². The highest BCUT2D eigenvalue weighted by Gasteiger charge is 2.40. The van der Waals surface area contributed by atoms with Crippen molar-refractivity contribution in [2.24, 2.45) is 0 Å². The first-order valence-corrected chi connectivity index (χ1v) is 4.81. The van der Waals surface area contributed by atoms with Crippen molar-refractivity contribution in [1.82, 2.24) is 4.90 Å². The number of rotatable bonds is 0. The van der Waals surface area contributed by atoms with Gasteiger partial charge in [-0.1, -0.05) is 0 Å². The summed E-state index contributed by atoms with van der Waals surface area (Å²) in [4.78, 5) is 12.7. The van der Waals surface area contributed by atoms with E-state index in [2.05, 4.69) is 0 Å². The van der Waals surface area contributed by atoms with Crippen molar-refractivity contribution < 1.29 is 4.79 Å². The molecular weight excluding hydrogens is 170 g/mol. The van der Waals surface area contributed by atoms with Gasteiger partial charge in [-0.15, -0.1) is 23.4 Å². The Kier molecular flexibility index (Phi) is 1.57. The van der Waals surface area contributed by atoms with Crippen LogP contribution in [0.1, 0.15) is 6.42 Å². The molecule has 4 heteroatoms. The van der Waals surface area contributed by atoms with Crippen LogP contribution in [0.25, 0.3) is 0 Å². The first kappa shape index (κ1) is 6.80. The zero-order valence-corrected chi connectivity index (χ0v) is 6.99. The quantitative estimate of drug-likeness (QED) is 0.405. The summed E-state index contributed by atoms with van der Waals surface area (Å²) in [6.45, 7) is 0.762. The van der Waals surface area contributed by atoms with Gasteiger partial charge in [0, 0.05) is 12.3 Å². The van der Waals surface area contributed by atoms with Gasteiger partial charge in [-0.2, -0.15) is 0 Å². The molecule has 2 aliphatic rings. The number of carbonyl (C=O) groups excluding carboxylic acids is 1. The molecule has 2 heterocycles. The molecule has 0 bridgehead atoms. The predicted octanol–water partition coefficient (Wildman–Crippen LogP) is 0.899. The summed E-state index contributed by atoms with van der Waals surface area (Å²) in [5.74, 6) is 1.26. The number of nitrogens with zero attached hydrogens (tertiary/aromatic N) is 1. The van der Waals surface area contributed by atoms with E-state index in [-0.39, 0.29) is 11.3 Å². The van der Waals surface area contributed by atoms with E-state index in [0.717, 1.165) is 18.7 Å². The molecule has 56 valence electrons. The molecule has 2 atom stereocenters. The Morgan fingerprint density at radius 2 is 2.50 bits per heavy atom. The van der Waals surface area contributed by atoms with Crippen molar-refractivity contribution in [2.75, 3.05) is 12.3 Å². The summed E-state index contributed by atoms with van der Waals surface area (Å²) in [5.41, 5.74) is 0. The topological polar surface area (TPSA) is 20.3 Å². The van der Waals surface area contributed by atoms with Gasteiger partial charge >= 0.3 is 0 Å². The van der Waals surface area contributed by atoms with Crippen LogP contribution in [0.2, 0.25) is 0 Å². The number of alkyl halides is 1. The minimum atomic E-state index is 0.172. The average molecular weight is 178 g/mol. The molecular formula is C6H8ClNOS. The molecule has 0 spiro atoms. The summed E-state index contributed by atoms with van der Waals surface area (Å²) in [6.07, 6.45) is 0.730. The van der Waals surface area contributed by atoms with Gasteiger partial charge in [-0.05, 0) is 0 Å². The van der Waals surface area contributed by atoms with Gasteiger partial charge in [0.05, 0.1) is 17.2 Å². The molecule has 0 aromatic carbocycles. The fourth-order valence-electron chi connectivity index (χ4n) is 1.27. The molecule has 2 saturated heterocycles. The van der Waals surface area contributed by atoms with Crippen molar-refractivity contribution in [2.45, 2.75) is 17.2 Å². The molecule has 0 radical (unpaired) electrons. The highest BCUT2D eigenvalue weighted by atomic mass is 35.5. The standard InChI is InChI=1S/C6H8ClNOS/c7-4-2-8-5(9)1-6(8)10-3-4/h4,6H,1-3H2/t4?,6-/m1/s1. The molecule has 0 aromatic heterocycles. The fraction of sp³-hybridized carbons (Fsp3) is 0.833. The van der Waals surface area contributed by atoms with E-state index in [4.69, 9.17) is 11.6 Å². The first-order valence-electron chi connectivity index (χ1n) is 3.32. The highest BCUT2D eigenvalue weighted by Crippen LogP contribution is 2.35. The van der Waals surface area contributed by atoms with E-state index in [1.165, 1.54) is 0 Å². The monoisotopic (exact) mass is 177 g/mol. The van der Waals surface area contributed by atoms with Crippen LogP contribution in [0.5, 0.6) is 0 Å². The third-order valence-corrected chi connectivity index (χ3v) is 3.76. The first-order chi connectivity index (χ1) is 4.77. The van der Waals surface area contributed by atoms with Crippen LogP contribution in [0.3, 0.4) is 0 Å². The lowest BCUT2D eigenvalue weighted by Gasteiger charge is -2.44. The normalized spacial score (nSPS) is 38.9. The fourth-order valence-corrected chi connectivity index (χ4v) is 2.82. The van der Waals surface area contributed by atoms with Crippen LogP contribution in [-0.2, 0) is 4.79 Å². The van der Waals surface area contributed by atoms with Crippen LogP contribution in [0.15, 0.2) is 0 Å². The van der Waals surface area contributed by atoms with Crippen molar-refractivity contribution in [3.05, 3.63) is 0 Å². The molecule has 0 aromatic rings. The van der Waals surface area contributed by atoms with Crippen molar-refractivity contribution in [3.8, 4) is 0 Å². The number of carbonyl (C=O) groups is 1. The molecule has 0 saturated carbocycles. The predicted molar refractivity (Wildman–Crippen MR) is 42.2 cm³/mol. The molecule has 1 unspecified atom stereocenters. The Morgan fingerprint density at radius 3 is 3.10 bits per heavy atom. The van der Waals surface area contributed by atoms with Gasteiger partial charge in [0.1, 0.15) is 0 Å². The summed E-state index contributed by atoms with van der Waals surface area (Å²) < 4.78 is 0. The molecule has 0 N–H and O–H groups in total. The number of fused-ring (bicyclic) bond motifs is 1. The lowest BCUT2D eigenvalue weighted by atomic mass is 10.2. The minimum absolute atomic E-state index is 0.172. The Balaban J connectivity index is 2.00. The number of thioether (sulfide) groups is 1. The molecule has 2 nitrogen and oxygen atoms in total. The number of β-lactam (4-membered cyclic amide) rings is 1. The number of hydrogen-bond donors (Lipinski definition) is 0. The Bertz CT molecular complexity index is 175. The van der Waals surface area contributed by atoms with Gasteiger partial charge in [-0.25, -0.2) is 0 Å². The molecule has 2 fully saturated rings. The Morgan fingerprint density at radius 1 is 1.70 bits per heavy atom. The van der Waals surface area contributed by atoms with Crippen LogP contribution in [0, 0.1) is 0 Å². The van der Waals surface area contributed by atoms with E-state index in [9.17, 15) is 4.79 Å². The SMILES string of the molecule is O=C1C[C@H]2SCC(Cl)CN12. The van der Waals surface area contributed by atoms with E-state index in [0.29, 0.717) is 5.37 Å². The zero-order valence-electron chi connectivity index (χ0n) is 5.42. The van der Waals surface area contributed by atoms with Gasteiger partial charge < -0.3 is 4.90 Å². The second kappa shape index (κ2) is 2.31. The minimum Gasteiger partial charge on any atom is -0.329 e. The van der Waals surface area contributed by atoms with E-state index in [1.807, 2.05) is 4.90 Å². The summed E-state index contributed by atoms with van der Waals surface area (Å²) in [6, 6.07) is 0. The molecule has 0 aliphatic carbocycles. The summed E-state index contributed by atoms with van der Waals surface area (Å²) in [5, 5.41) is 0.632. The third-order valence-electron chi connectivity index (χ3n) is 1.88. The van der Waals surface area contributed by atoms with Crippen molar-refractivity contribution in [1.29, 1.82) is 0 Å². The van der Waals surface area contributed by atoms with E-state index < -0.39 is 0 Å².